The molecule has 0 aliphatic rings. The summed E-state index contributed by atoms with van der Waals surface area (Å²) in [6, 6.07) is 20.6. The summed E-state index contributed by atoms with van der Waals surface area (Å²) in [5, 5.41) is 10.1. The van der Waals surface area contributed by atoms with Crippen molar-refractivity contribution in [2.24, 2.45) is 0 Å². The predicted molar refractivity (Wildman–Crippen MR) is 160 cm³/mol. The Bertz CT molecular complexity index is 1400. The second-order valence-electron chi connectivity index (χ2n) is 10.0. The molecule has 0 spiro atoms. The molecule has 12 heteroatoms. The van der Waals surface area contributed by atoms with Gasteiger partial charge in [0.2, 0.25) is 0 Å². The number of benzene rings is 3. The molecule has 0 aliphatic carbocycles. The van der Waals surface area contributed by atoms with Gasteiger partial charge >= 0.3 is 18.1 Å². The van der Waals surface area contributed by atoms with Crippen LogP contribution in [0.1, 0.15) is 48.4 Å². The van der Waals surface area contributed by atoms with E-state index in [-0.39, 0.29) is 5.91 Å². The molecule has 1 amide bonds. The summed E-state index contributed by atoms with van der Waals surface area (Å²) in [7, 11) is 2.95. The number of nitrogens with one attached hydrogen (secondary N) is 1. The molecule has 0 atom stereocenters. The van der Waals surface area contributed by atoms with Crippen LogP contribution in [0.4, 0.5) is 18.9 Å². The number of hydrogen-bond acceptors (Lipinski definition) is 7. The van der Waals surface area contributed by atoms with Gasteiger partial charge in [0, 0.05) is 35.9 Å². The molecule has 9 nitrogen and oxygen atoms in total. The smallest absolute Gasteiger partial charge is 0.490 e. The largest absolute Gasteiger partial charge is 0.493 e. The Morgan fingerprint density at radius 1 is 0.841 bits per heavy atom. The number of carbonyl (C=O) groups is 3. The molecule has 2 N–H and O–H groups in total. The highest BCUT2D eigenvalue weighted by Gasteiger charge is 2.38. The van der Waals surface area contributed by atoms with Gasteiger partial charge in [-0.05, 0) is 75.2 Å². The lowest BCUT2D eigenvalue weighted by Gasteiger charge is -2.30. The second-order valence-corrected chi connectivity index (χ2v) is 10.0. The maximum Gasteiger partial charge on any atom is 0.490 e. The molecular formula is C32H37F3N2O7. The van der Waals surface area contributed by atoms with E-state index in [4.69, 9.17) is 24.1 Å². The summed E-state index contributed by atoms with van der Waals surface area (Å²) < 4.78 is 48.0. The van der Waals surface area contributed by atoms with Crippen LogP contribution in [0.25, 0.3) is 11.1 Å². The molecule has 3 aromatic carbocycles. The van der Waals surface area contributed by atoms with Gasteiger partial charge in [0.15, 0.2) is 11.5 Å². The Balaban J connectivity index is 0.000000860. The number of rotatable bonds is 11. The van der Waals surface area contributed by atoms with Crippen molar-refractivity contribution >= 4 is 23.5 Å². The lowest BCUT2D eigenvalue weighted by atomic mass is 10.0. The van der Waals surface area contributed by atoms with Gasteiger partial charge in [-0.3, -0.25) is 9.69 Å². The zero-order valence-electron chi connectivity index (χ0n) is 25.4. The third-order valence-corrected chi connectivity index (χ3v) is 6.36. The van der Waals surface area contributed by atoms with Crippen LogP contribution >= 0.6 is 0 Å². The van der Waals surface area contributed by atoms with Gasteiger partial charge in [0.05, 0.1) is 19.8 Å². The van der Waals surface area contributed by atoms with Crippen LogP contribution in [0.2, 0.25) is 0 Å². The Kier molecular flexibility index (Phi) is 13.2. The number of aliphatic carboxylic acids is 1. The molecule has 0 aliphatic heterocycles. The molecule has 0 unspecified atom stereocenters. The van der Waals surface area contributed by atoms with E-state index < -0.39 is 18.1 Å². The van der Waals surface area contributed by atoms with E-state index >= 15 is 0 Å². The number of carboxylic acid groups (broad SMARTS) is 1. The fraction of sp³-hybridized carbons (Fsp3) is 0.344. The maximum atomic E-state index is 12.9. The molecular weight excluding hydrogens is 581 g/mol. The van der Waals surface area contributed by atoms with Crippen molar-refractivity contribution in [1.29, 1.82) is 0 Å². The Morgan fingerprint density at radius 2 is 1.45 bits per heavy atom. The first-order valence-electron chi connectivity index (χ1n) is 13.6. The summed E-state index contributed by atoms with van der Waals surface area (Å²) in [5.74, 6) is -2.20. The zero-order valence-corrected chi connectivity index (χ0v) is 25.4. The number of hydrogen-bond donors (Lipinski definition) is 2. The van der Waals surface area contributed by atoms with Crippen LogP contribution in [-0.4, -0.2) is 73.5 Å². The second kappa shape index (κ2) is 16.3. The molecule has 44 heavy (non-hydrogen) atoms. The highest BCUT2D eigenvalue weighted by Crippen LogP contribution is 2.31. The van der Waals surface area contributed by atoms with Crippen LogP contribution in [0.3, 0.4) is 0 Å². The number of alkyl halides is 3. The monoisotopic (exact) mass is 618 g/mol. The molecule has 0 saturated carbocycles. The highest BCUT2D eigenvalue weighted by atomic mass is 19.4. The van der Waals surface area contributed by atoms with Gasteiger partial charge in [-0.25, -0.2) is 9.59 Å². The van der Waals surface area contributed by atoms with E-state index in [9.17, 15) is 22.8 Å². The lowest BCUT2D eigenvalue weighted by Crippen LogP contribution is -2.39. The van der Waals surface area contributed by atoms with Crippen LogP contribution in [0.15, 0.2) is 66.7 Å². The summed E-state index contributed by atoms with van der Waals surface area (Å²) in [6.45, 7) is 9.96. The molecule has 0 saturated heterocycles. The van der Waals surface area contributed by atoms with Crippen molar-refractivity contribution in [3.05, 3.63) is 77.9 Å². The van der Waals surface area contributed by atoms with Crippen LogP contribution in [-0.2, 0) is 9.53 Å². The van der Waals surface area contributed by atoms with Gasteiger partial charge in [-0.15, -0.1) is 0 Å². The van der Waals surface area contributed by atoms with Crippen molar-refractivity contribution < 1.29 is 46.9 Å². The normalized spacial score (nSPS) is 11.1. The van der Waals surface area contributed by atoms with Gasteiger partial charge in [-0.1, -0.05) is 24.3 Å². The van der Waals surface area contributed by atoms with E-state index in [2.05, 4.69) is 37.9 Å². The summed E-state index contributed by atoms with van der Waals surface area (Å²) in [6.07, 6.45) is -5.08. The highest BCUT2D eigenvalue weighted by molar-refractivity contribution is 6.04. The van der Waals surface area contributed by atoms with Crippen LogP contribution < -0.4 is 14.8 Å². The molecule has 0 fully saturated rings. The van der Waals surface area contributed by atoms with Gasteiger partial charge < -0.3 is 24.6 Å². The number of nitrogens with zero attached hydrogens (tertiary/aromatic N) is 1. The number of methoxy groups -OCH3 is 2. The molecule has 3 rings (SSSR count). The average molecular weight is 619 g/mol. The van der Waals surface area contributed by atoms with E-state index in [1.807, 2.05) is 18.2 Å². The van der Waals surface area contributed by atoms with Crippen molar-refractivity contribution in [3.63, 3.8) is 0 Å². The first-order chi connectivity index (χ1) is 20.7. The average Bonchev–Trinajstić information content (AvgIpc) is 2.98. The minimum atomic E-state index is -5.08. The standard InChI is InChI=1S/C30H36N2O5.C2HF3O2/c1-20(2)32(21(3)4)16-17-37-28-19-26(14-15-27(28)35-5)31-29(33)23-12-10-22(11-13-23)24-8-7-9-25(18-24)30(34)36-6;3-2(4,5)1(6)7/h7-15,18-21H,16-17H2,1-6H3,(H,31,33);(H,6,7). The number of carboxylic acids is 1. The summed E-state index contributed by atoms with van der Waals surface area (Å²) in [4.78, 5) is 36.0. The Morgan fingerprint density at radius 3 is 1.98 bits per heavy atom. The number of ether oxygens (including phenoxy) is 3. The van der Waals surface area contributed by atoms with Crippen molar-refractivity contribution in [3.8, 4) is 22.6 Å². The number of carbonyl (C=O) groups excluding carboxylic acids is 2. The minimum Gasteiger partial charge on any atom is -0.493 e. The Labute approximate surface area is 254 Å². The van der Waals surface area contributed by atoms with Crippen molar-refractivity contribution in [2.45, 2.75) is 46.0 Å². The minimum absolute atomic E-state index is 0.239. The SMILES string of the molecule is COC(=O)c1cccc(-c2ccc(C(=O)Nc3ccc(OC)c(OCCN(C(C)C)C(C)C)c3)cc2)c1.O=C(O)C(F)(F)F. The summed E-state index contributed by atoms with van der Waals surface area (Å²) in [5.41, 5.74) is 3.34. The number of esters is 1. The zero-order chi connectivity index (χ0) is 33.0. The van der Waals surface area contributed by atoms with Gasteiger partial charge in [-0.2, -0.15) is 13.2 Å². The topological polar surface area (TPSA) is 114 Å². The Hall–Kier alpha value is -4.58. The molecule has 0 radical (unpaired) electrons. The quantitative estimate of drug-likeness (QED) is 0.233. The first-order valence-corrected chi connectivity index (χ1v) is 13.6. The fourth-order valence-corrected chi connectivity index (χ4v) is 4.20. The van der Waals surface area contributed by atoms with E-state index in [0.29, 0.717) is 47.0 Å². The van der Waals surface area contributed by atoms with Gasteiger partial charge in [0.1, 0.15) is 6.61 Å². The van der Waals surface area contributed by atoms with Crippen molar-refractivity contribution in [1.82, 2.24) is 4.90 Å². The molecule has 0 heterocycles. The maximum absolute atomic E-state index is 12.9. The summed E-state index contributed by atoms with van der Waals surface area (Å²) >= 11 is 0. The fourth-order valence-electron chi connectivity index (χ4n) is 4.20. The third kappa shape index (κ3) is 10.6. The van der Waals surface area contributed by atoms with E-state index in [1.165, 1.54) is 7.11 Å². The number of anilines is 1. The number of amides is 1. The van der Waals surface area contributed by atoms with Crippen molar-refractivity contribution in [2.75, 3.05) is 32.7 Å². The number of halogens is 3. The lowest BCUT2D eigenvalue weighted by molar-refractivity contribution is -0.192. The predicted octanol–water partition coefficient (Wildman–Crippen LogP) is 6.53. The molecule has 238 valence electrons. The third-order valence-electron chi connectivity index (χ3n) is 6.36. The molecule has 0 aromatic heterocycles. The molecule has 3 aromatic rings. The van der Waals surface area contributed by atoms with Gasteiger partial charge in [0.25, 0.3) is 5.91 Å². The van der Waals surface area contributed by atoms with Crippen LogP contribution in [0.5, 0.6) is 11.5 Å². The first kappa shape index (κ1) is 35.6. The van der Waals surface area contributed by atoms with E-state index in [0.717, 1.165) is 17.7 Å². The van der Waals surface area contributed by atoms with Crippen LogP contribution in [0, 0.1) is 0 Å². The van der Waals surface area contributed by atoms with E-state index in [1.54, 1.807) is 55.6 Å². The molecule has 0 bridgehead atoms.